The van der Waals surface area contributed by atoms with Crippen molar-refractivity contribution in [1.82, 2.24) is 0 Å². The summed E-state index contributed by atoms with van der Waals surface area (Å²) in [6.07, 6.45) is 0. The summed E-state index contributed by atoms with van der Waals surface area (Å²) in [6.45, 7) is 0. The summed E-state index contributed by atoms with van der Waals surface area (Å²) >= 11 is 0. The molecule has 1 aromatic rings. The van der Waals surface area contributed by atoms with Crippen molar-refractivity contribution in [2.45, 2.75) is 0 Å². The largest absolute Gasteiger partial charge is 0.503 e. The van der Waals surface area contributed by atoms with Crippen LogP contribution in [0.3, 0.4) is 0 Å². The predicted molar refractivity (Wildman–Crippen MR) is 34.9 cm³/mol. The molecule has 0 atom stereocenters. The monoisotopic (exact) mass is 142 g/mol. The summed E-state index contributed by atoms with van der Waals surface area (Å²) in [5, 5.41) is 17.9. The summed E-state index contributed by atoms with van der Waals surface area (Å²) in [5.74, 6) is -0.0187. The first kappa shape index (κ1) is 6.85. The maximum Gasteiger partial charge on any atom is 0.181 e. The summed E-state index contributed by atoms with van der Waals surface area (Å²) in [5.41, 5.74) is 7.99. The van der Waals surface area contributed by atoms with E-state index in [0.717, 1.165) is 0 Å². The van der Waals surface area contributed by atoms with Crippen LogP contribution in [0.1, 0.15) is 0 Å². The number of hydrogen-bond donors (Lipinski definition) is 4. The topological polar surface area (TPSA) is 95.7 Å². The van der Waals surface area contributed by atoms with Crippen molar-refractivity contribution in [3.8, 4) is 11.5 Å². The Balaban J connectivity index is 3.28. The van der Waals surface area contributed by atoms with Crippen LogP contribution in [0.2, 0.25) is 0 Å². The van der Waals surface area contributed by atoms with Crippen LogP contribution in [0, 0.1) is 0 Å². The average molecular weight is 142 g/mol. The number of benzene rings is 1. The van der Waals surface area contributed by atoms with Crippen LogP contribution in [-0.2, 0) is 0 Å². The molecule has 0 saturated heterocycles. The summed E-state index contributed by atoms with van der Waals surface area (Å²) < 4.78 is 0. The van der Waals surface area contributed by atoms with Crippen molar-refractivity contribution < 1.29 is 21.7 Å². The fraction of sp³-hybridized carbons (Fsp3) is 0. The third-order valence-corrected chi connectivity index (χ3v) is 1.28. The Morgan fingerprint density at radius 1 is 0.900 bits per heavy atom. The van der Waals surface area contributed by atoms with E-state index in [1.165, 1.54) is 12.1 Å². The number of quaternary nitrogens is 2. The fourth-order valence-electron chi connectivity index (χ4n) is 0.673. The minimum atomic E-state index is -0.00935. The van der Waals surface area contributed by atoms with E-state index in [1.54, 1.807) is 0 Å². The van der Waals surface area contributed by atoms with Gasteiger partial charge in [0.05, 0.1) is 6.07 Å². The zero-order valence-electron chi connectivity index (χ0n) is 5.46. The molecule has 4 heteroatoms. The molecular formula is C6H10N2O2+2. The highest BCUT2D eigenvalue weighted by molar-refractivity contribution is 5.58. The van der Waals surface area contributed by atoms with Gasteiger partial charge in [-0.3, -0.25) is 0 Å². The maximum atomic E-state index is 8.97. The first-order valence-corrected chi connectivity index (χ1v) is 2.81. The molecule has 8 N–H and O–H groups in total. The minimum Gasteiger partial charge on any atom is -0.503 e. The second kappa shape index (κ2) is 2.17. The van der Waals surface area contributed by atoms with E-state index in [1.807, 2.05) is 0 Å². The van der Waals surface area contributed by atoms with Gasteiger partial charge in [-0.1, -0.05) is 0 Å². The van der Waals surface area contributed by atoms with Crippen molar-refractivity contribution in [2.24, 2.45) is 0 Å². The third-order valence-electron chi connectivity index (χ3n) is 1.28. The Kier molecular flexibility index (Phi) is 1.48. The Morgan fingerprint density at radius 3 is 1.60 bits per heavy atom. The zero-order chi connectivity index (χ0) is 7.72. The second-order valence-corrected chi connectivity index (χ2v) is 2.11. The third kappa shape index (κ3) is 1.02. The molecule has 0 aliphatic heterocycles. The number of rotatable bonds is 0. The molecule has 0 bridgehead atoms. The van der Waals surface area contributed by atoms with Crippen LogP contribution in [0.4, 0.5) is 11.4 Å². The predicted octanol–water partition coefficient (Wildman–Crippen LogP) is -1.16. The lowest BCUT2D eigenvalue weighted by molar-refractivity contribution is -0.267. The van der Waals surface area contributed by atoms with Gasteiger partial charge in [-0.25, -0.2) is 0 Å². The first-order chi connectivity index (χ1) is 4.61. The van der Waals surface area contributed by atoms with Crippen LogP contribution < -0.4 is 11.5 Å². The quantitative estimate of drug-likeness (QED) is 0.368. The molecule has 0 aromatic heterocycles. The van der Waals surface area contributed by atoms with E-state index in [0.29, 0.717) is 11.4 Å². The molecule has 0 aliphatic rings. The molecule has 54 valence electrons. The molecule has 0 aliphatic carbocycles. The van der Waals surface area contributed by atoms with Gasteiger partial charge < -0.3 is 21.7 Å². The molecule has 10 heavy (non-hydrogen) atoms. The number of phenols is 2. The summed E-state index contributed by atoms with van der Waals surface area (Å²) in [7, 11) is 0. The Labute approximate surface area is 57.7 Å². The maximum absolute atomic E-state index is 8.97. The van der Waals surface area contributed by atoms with E-state index in [-0.39, 0.29) is 11.5 Å². The molecule has 1 aromatic carbocycles. The molecule has 4 nitrogen and oxygen atoms in total. The van der Waals surface area contributed by atoms with E-state index in [2.05, 4.69) is 11.5 Å². The van der Waals surface area contributed by atoms with Gasteiger partial charge in [0.15, 0.2) is 22.9 Å². The lowest BCUT2D eigenvalue weighted by Gasteiger charge is -1.95. The molecule has 0 amide bonds. The second-order valence-electron chi connectivity index (χ2n) is 2.11. The number of aromatic hydroxyl groups is 2. The van der Waals surface area contributed by atoms with Crippen LogP contribution >= 0.6 is 0 Å². The highest BCUT2D eigenvalue weighted by atomic mass is 16.3. The van der Waals surface area contributed by atoms with Gasteiger partial charge in [0.2, 0.25) is 0 Å². The van der Waals surface area contributed by atoms with Gasteiger partial charge in [0, 0.05) is 6.07 Å². The van der Waals surface area contributed by atoms with E-state index < -0.39 is 0 Å². The Hall–Kier alpha value is -1.26. The molecule has 0 heterocycles. The van der Waals surface area contributed by atoms with Crippen molar-refractivity contribution in [3.05, 3.63) is 12.1 Å². The van der Waals surface area contributed by atoms with Gasteiger partial charge in [0.1, 0.15) is 0 Å². The number of phenolic OH excluding ortho intramolecular Hbond substituents is 2. The van der Waals surface area contributed by atoms with Gasteiger partial charge in [-0.05, 0) is 0 Å². The SMILES string of the molecule is [NH3+]c1cc([NH3+])c(O)cc1O. The number of hydrogen-bond acceptors (Lipinski definition) is 2. The Bertz CT molecular complexity index is 210. The van der Waals surface area contributed by atoms with Gasteiger partial charge in [-0.2, -0.15) is 0 Å². The summed E-state index contributed by atoms with van der Waals surface area (Å²) in [4.78, 5) is 0. The summed E-state index contributed by atoms with van der Waals surface area (Å²) in [6, 6.07) is 2.75. The van der Waals surface area contributed by atoms with Crippen molar-refractivity contribution in [2.75, 3.05) is 0 Å². The normalized spacial score (nSPS) is 9.80. The molecule has 0 saturated carbocycles. The first-order valence-electron chi connectivity index (χ1n) is 2.81. The lowest BCUT2D eigenvalue weighted by Crippen LogP contribution is -2.44. The van der Waals surface area contributed by atoms with E-state index in [9.17, 15) is 0 Å². The molecule has 0 fully saturated rings. The lowest BCUT2D eigenvalue weighted by atomic mass is 10.2. The van der Waals surface area contributed by atoms with Crippen LogP contribution in [0.25, 0.3) is 0 Å². The van der Waals surface area contributed by atoms with Crippen LogP contribution in [0.5, 0.6) is 11.5 Å². The van der Waals surface area contributed by atoms with Crippen molar-refractivity contribution >= 4 is 11.4 Å². The van der Waals surface area contributed by atoms with Gasteiger partial charge in [0.25, 0.3) is 0 Å². The molecule has 0 unspecified atom stereocenters. The highest BCUT2D eigenvalue weighted by Crippen LogP contribution is 2.28. The molecule has 1 rings (SSSR count). The Morgan fingerprint density at radius 2 is 1.30 bits per heavy atom. The van der Waals surface area contributed by atoms with Gasteiger partial charge in [-0.15, -0.1) is 0 Å². The minimum absolute atomic E-state index is 0.00935. The van der Waals surface area contributed by atoms with Crippen molar-refractivity contribution in [3.63, 3.8) is 0 Å². The standard InChI is InChI=1S/C6H8N2O2/c7-3-1-4(8)6(10)2-5(3)9/h1-2,9-10H,7-8H2/p+2. The zero-order valence-corrected chi connectivity index (χ0v) is 5.46. The van der Waals surface area contributed by atoms with Crippen LogP contribution in [-0.4, -0.2) is 10.2 Å². The highest BCUT2D eigenvalue weighted by Gasteiger charge is 2.07. The van der Waals surface area contributed by atoms with E-state index >= 15 is 0 Å². The molecule has 0 spiro atoms. The average Bonchev–Trinajstić information content (AvgIpc) is 1.84. The van der Waals surface area contributed by atoms with Gasteiger partial charge >= 0.3 is 0 Å². The molecular weight excluding hydrogens is 132 g/mol. The van der Waals surface area contributed by atoms with Crippen molar-refractivity contribution in [1.29, 1.82) is 0 Å². The fourth-order valence-corrected chi connectivity index (χ4v) is 0.673. The smallest absolute Gasteiger partial charge is 0.181 e. The van der Waals surface area contributed by atoms with E-state index in [4.69, 9.17) is 10.2 Å². The molecule has 0 radical (unpaired) electrons. The van der Waals surface area contributed by atoms with Crippen LogP contribution in [0.15, 0.2) is 12.1 Å².